The molecule has 3 aromatic carbocycles. The monoisotopic (exact) mass is 901 g/mol. The van der Waals surface area contributed by atoms with Gasteiger partial charge in [-0.15, -0.1) is 0 Å². The standard InChI is InChI=1S/C28H32N6O.C23H27N7O2/c1-20-16-28(17-20)12-14-34(15-13-28)23-10-8-22(9-11-23)31-27-24(19-35)25(18-30-29-2)32-26(33-27)21-6-4-3-5-7-21;31-21-19-18(15-24-28-21)26-22(30-9-7-23(5-6-23)8-10-30)27-20(19)25-16-1-3-17(4-2-16)29-11-13-32-14-12-29/h3-11,18-20,29H,12-17H2,1-2H3,(H,31,32,33);1-4,15H,5-14H2,(H,28,31)(H,25,26,27)/b30-18-;. The third kappa shape index (κ3) is 9.80. The Morgan fingerprint density at radius 3 is 1.94 bits per heavy atom. The molecule has 346 valence electrons. The molecule has 0 atom stereocenters. The second-order valence-corrected chi connectivity index (χ2v) is 18.9. The van der Waals surface area contributed by atoms with E-state index in [4.69, 9.17) is 9.72 Å². The van der Waals surface area contributed by atoms with Crippen LogP contribution in [0.4, 0.5) is 40.3 Å². The smallest absolute Gasteiger partial charge is 0.277 e. The van der Waals surface area contributed by atoms with Crippen molar-refractivity contribution >= 4 is 63.7 Å². The number of hydrazone groups is 1. The normalized spacial score (nSPS) is 18.6. The molecule has 0 bridgehead atoms. The van der Waals surface area contributed by atoms with Gasteiger partial charge in [0.15, 0.2) is 12.1 Å². The molecular weight excluding hydrogens is 843 g/mol. The van der Waals surface area contributed by atoms with Crippen molar-refractivity contribution in [3.63, 3.8) is 0 Å². The first-order valence-electron chi connectivity index (χ1n) is 23.7. The number of benzene rings is 3. The summed E-state index contributed by atoms with van der Waals surface area (Å²) in [5.74, 6) is 3.06. The van der Waals surface area contributed by atoms with Gasteiger partial charge in [-0.1, -0.05) is 37.3 Å². The molecule has 0 radical (unpaired) electrons. The van der Waals surface area contributed by atoms with E-state index in [9.17, 15) is 9.59 Å². The van der Waals surface area contributed by atoms with Gasteiger partial charge >= 0.3 is 0 Å². The lowest BCUT2D eigenvalue weighted by molar-refractivity contribution is 0.0382. The predicted octanol–water partition coefficient (Wildman–Crippen LogP) is 7.94. The molecule has 3 aromatic heterocycles. The number of nitrogens with one attached hydrogen (secondary N) is 4. The number of morpholine rings is 1. The van der Waals surface area contributed by atoms with Crippen LogP contribution in [0.25, 0.3) is 22.3 Å². The molecule has 0 unspecified atom stereocenters. The molecule has 3 aliphatic heterocycles. The maximum absolute atomic E-state index is 12.6. The van der Waals surface area contributed by atoms with Gasteiger partial charge < -0.3 is 35.5 Å². The predicted molar refractivity (Wildman–Crippen MR) is 265 cm³/mol. The fourth-order valence-electron chi connectivity index (χ4n) is 10.4. The summed E-state index contributed by atoms with van der Waals surface area (Å²) in [5, 5.41) is 17.6. The molecule has 4 N–H and O–H groups in total. The molecule has 5 fully saturated rings. The Morgan fingerprint density at radius 2 is 1.33 bits per heavy atom. The number of carbonyl (C=O) groups is 1. The minimum absolute atomic E-state index is 0.294. The largest absolute Gasteiger partial charge is 0.378 e. The summed E-state index contributed by atoms with van der Waals surface area (Å²) in [6.07, 6.45) is 14.4. The molecule has 6 aromatic rings. The van der Waals surface area contributed by atoms with Crippen LogP contribution in [-0.2, 0) is 4.74 Å². The first-order chi connectivity index (χ1) is 32.8. The maximum atomic E-state index is 12.6. The summed E-state index contributed by atoms with van der Waals surface area (Å²) < 4.78 is 5.44. The average Bonchev–Trinajstić information content (AvgIpc) is 4.12. The summed E-state index contributed by atoms with van der Waals surface area (Å²) in [7, 11) is 1.70. The maximum Gasteiger partial charge on any atom is 0.277 e. The van der Waals surface area contributed by atoms with Gasteiger partial charge in [0.1, 0.15) is 22.5 Å². The second kappa shape index (κ2) is 19.1. The molecule has 16 nitrogen and oxygen atoms in total. The first kappa shape index (κ1) is 43.9. The molecule has 2 saturated carbocycles. The summed E-state index contributed by atoms with van der Waals surface area (Å²) >= 11 is 0. The van der Waals surface area contributed by atoms with Gasteiger partial charge in [0.05, 0.1) is 36.9 Å². The van der Waals surface area contributed by atoms with Crippen molar-refractivity contribution in [2.45, 2.75) is 58.3 Å². The van der Waals surface area contributed by atoms with Gasteiger partial charge in [0.2, 0.25) is 5.95 Å². The number of H-pyrrole nitrogens is 1. The van der Waals surface area contributed by atoms with Crippen molar-refractivity contribution in [2.24, 2.45) is 21.8 Å². The third-order valence-corrected chi connectivity index (χ3v) is 14.4. The van der Waals surface area contributed by atoms with Crippen LogP contribution < -0.4 is 36.3 Å². The number of aldehydes is 1. The summed E-state index contributed by atoms with van der Waals surface area (Å²) in [6.45, 7) is 9.82. The molecule has 3 saturated heterocycles. The lowest BCUT2D eigenvalue weighted by Crippen LogP contribution is -2.46. The quantitative estimate of drug-likeness (QED) is 0.0559. The van der Waals surface area contributed by atoms with Crippen molar-refractivity contribution in [3.05, 3.63) is 107 Å². The van der Waals surface area contributed by atoms with Crippen LogP contribution in [-0.4, -0.2) is 102 Å². The van der Waals surface area contributed by atoms with E-state index in [0.717, 1.165) is 87.3 Å². The van der Waals surface area contributed by atoms with Gasteiger partial charge in [0.25, 0.3) is 5.56 Å². The zero-order chi connectivity index (χ0) is 45.8. The number of hydrogen-bond donors (Lipinski definition) is 4. The topological polar surface area (TPSA) is 182 Å². The van der Waals surface area contributed by atoms with Gasteiger partial charge in [-0.2, -0.15) is 15.2 Å². The average molecular weight is 902 g/mol. The van der Waals surface area contributed by atoms with Gasteiger partial charge in [-0.05, 0) is 117 Å². The highest BCUT2D eigenvalue weighted by atomic mass is 16.5. The van der Waals surface area contributed by atoms with Crippen molar-refractivity contribution in [3.8, 4) is 11.4 Å². The fourth-order valence-corrected chi connectivity index (χ4v) is 10.4. The zero-order valence-electron chi connectivity index (χ0n) is 38.4. The highest BCUT2D eigenvalue weighted by molar-refractivity contribution is 5.96. The van der Waals surface area contributed by atoms with Crippen molar-refractivity contribution in [2.75, 3.05) is 84.9 Å². The van der Waals surface area contributed by atoms with Crippen LogP contribution >= 0.6 is 0 Å². The minimum atomic E-state index is -0.294. The lowest BCUT2D eigenvalue weighted by atomic mass is 9.58. The first-order valence-corrected chi connectivity index (χ1v) is 23.7. The van der Waals surface area contributed by atoms with E-state index in [0.29, 0.717) is 56.4 Å². The number of fused-ring (bicyclic) bond motifs is 1. The second-order valence-electron chi connectivity index (χ2n) is 18.9. The fraction of sp³-hybridized carbons (Fsp3) is 0.412. The van der Waals surface area contributed by atoms with Crippen molar-refractivity contribution in [1.29, 1.82) is 0 Å². The number of nitrogens with zero attached hydrogens (tertiary/aromatic N) is 9. The molecule has 0 amide bonds. The minimum Gasteiger partial charge on any atom is -0.378 e. The lowest BCUT2D eigenvalue weighted by Gasteiger charge is -2.52. The number of aromatic nitrogens is 6. The summed E-state index contributed by atoms with van der Waals surface area (Å²) in [4.78, 5) is 50.3. The zero-order valence-corrected chi connectivity index (χ0v) is 38.4. The molecule has 67 heavy (non-hydrogen) atoms. The SMILES string of the molecule is CN/N=C\c1nc(-c2ccccc2)nc(Nc2ccc(N3CCC4(CC3)CC(C)C4)cc2)c1C=O.O=c1[nH]ncc2nc(N3CCC4(CC3)CC4)nc(Nc3ccc(N4CCOCC4)cc3)c12. The molecule has 11 rings (SSSR count). The van der Waals surface area contributed by atoms with E-state index in [-0.39, 0.29) is 5.56 Å². The number of hydrogen-bond acceptors (Lipinski definition) is 15. The molecular formula is C51H59N13O3. The highest BCUT2D eigenvalue weighted by Gasteiger charge is 2.45. The number of piperidine rings is 2. The molecule has 2 aliphatic carbocycles. The number of anilines is 7. The van der Waals surface area contributed by atoms with Gasteiger partial charge in [0, 0.05) is 74.6 Å². The van der Waals surface area contributed by atoms with E-state index in [1.54, 1.807) is 13.2 Å². The van der Waals surface area contributed by atoms with E-state index < -0.39 is 0 Å². The molecule has 6 heterocycles. The Balaban J connectivity index is 0.000000157. The van der Waals surface area contributed by atoms with E-state index in [2.05, 4.69) is 92.2 Å². The van der Waals surface area contributed by atoms with E-state index in [1.165, 1.54) is 63.3 Å². The van der Waals surface area contributed by atoms with Crippen LogP contribution in [0, 0.1) is 16.7 Å². The van der Waals surface area contributed by atoms with Crippen LogP contribution in [0.15, 0.2) is 95.0 Å². The van der Waals surface area contributed by atoms with E-state index in [1.807, 2.05) is 54.6 Å². The summed E-state index contributed by atoms with van der Waals surface area (Å²) in [6, 6.07) is 26.3. The molecule has 5 aliphatic rings. The number of rotatable bonds is 11. The van der Waals surface area contributed by atoms with Crippen LogP contribution in [0.1, 0.15) is 74.3 Å². The van der Waals surface area contributed by atoms with Crippen LogP contribution in [0.2, 0.25) is 0 Å². The third-order valence-electron chi connectivity index (χ3n) is 14.4. The van der Waals surface area contributed by atoms with E-state index >= 15 is 0 Å². The molecule has 2 spiro atoms. The Bertz CT molecular complexity index is 2750. The summed E-state index contributed by atoms with van der Waals surface area (Å²) in [5.41, 5.74) is 10.00. The molecule has 16 heteroatoms. The number of ether oxygens (including phenoxy) is 1. The Morgan fingerprint density at radius 1 is 0.716 bits per heavy atom. The number of carbonyl (C=O) groups excluding carboxylic acids is 1. The van der Waals surface area contributed by atoms with Gasteiger partial charge in [-0.25, -0.2) is 20.1 Å². The van der Waals surface area contributed by atoms with Gasteiger partial charge in [-0.3, -0.25) is 9.59 Å². The van der Waals surface area contributed by atoms with Crippen LogP contribution in [0.3, 0.4) is 0 Å². The van der Waals surface area contributed by atoms with Crippen molar-refractivity contribution in [1.82, 2.24) is 35.6 Å². The van der Waals surface area contributed by atoms with Crippen LogP contribution in [0.5, 0.6) is 0 Å². The van der Waals surface area contributed by atoms with Crippen molar-refractivity contribution < 1.29 is 9.53 Å². The Labute approximate surface area is 390 Å². The highest BCUT2D eigenvalue weighted by Crippen LogP contribution is 2.54. The Kier molecular flexibility index (Phi) is 12.5. The Hall–Kier alpha value is -6.94. The number of aromatic amines is 1.